The average Bonchev–Trinajstić information content (AvgIpc) is 3.73. The molecule has 0 spiro atoms. The molecule has 6 heteroatoms. The highest BCUT2D eigenvalue weighted by molar-refractivity contribution is 6.16. The normalized spacial score (nSPS) is 12.3. The van der Waals surface area contributed by atoms with Gasteiger partial charge in [-0.1, -0.05) is 121 Å². The van der Waals surface area contributed by atoms with Crippen molar-refractivity contribution in [3.05, 3.63) is 170 Å². The van der Waals surface area contributed by atoms with Crippen molar-refractivity contribution in [3.63, 3.8) is 0 Å². The van der Waals surface area contributed by atoms with E-state index < -0.39 is 0 Å². The lowest BCUT2D eigenvalue weighted by molar-refractivity contribution is 1.00. The Balaban J connectivity index is 1.16. The molecule has 0 radical (unpaired) electrons. The van der Waals surface area contributed by atoms with Crippen molar-refractivity contribution in [3.8, 4) is 34.2 Å². The maximum atomic E-state index is 5.30. The van der Waals surface area contributed by atoms with Crippen LogP contribution in [0.15, 0.2) is 170 Å². The first kappa shape index (κ1) is 27.9. The van der Waals surface area contributed by atoms with Crippen LogP contribution in [0.2, 0.25) is 0 Å². The lowest BCUT2D eigenvalue weighted by Crippen LogP contribution is -2.21. The number of fused-ring (bicyclic) bond motifs is 8. The summed E-state index contributed by atoms with van der Waals surface area (Å²) in [6.07, 6.45) is 0. The van der Waals surface area contributed by atoms with E-state index in [4.69, 9.17) is 15.0 Å². The number of para-hydroxylation sites is 6. The maximum absolute atomic E-state index is 5.30. The molecule has 0 bridgehead atoms. The number of hydrogen-bond acceptors (Lipinski definition) is 4. The van der Waals surface area contributed by atoms with Gasteiger partial charge in [-0.05, 0) is 48.5 Å². The Labute approximate surface area is 293 Å². The number of anilines is 3. The third-order valence-corrected chi connectivity index (χ3v) is 10.1. The molecule has 6 nitrogen and oxygen atoms in total. The summed E-state index contributed by atoms with van der Waals surface area (Å²) in [7, 11) is 0. The molecule has 0 atom stereocenters. The second-order valence-corrected chi connectivity index (χ2v) is 12.9. The SMILES string of the molecule is c1ccc(-c2nc(-c3cccc(-n4c5ccccc5c5ccccc54)c3)nc(N3c4ccccc4-n4c5ccccc5c5cccc3c54)n2)cc1. The fraction of sp³-hybridized carbons (Fsp3) is 0. The summed E-state index contributed by atoms with van der Waals surface area (Å²) in [5.74, 6) is 1.79. The quantitative estimate of drug-likeness (QED) is 0.190. The summed E-state index contributed by atoms with van der Waals surface area (Å²) < 4.78 is 4.70. The van der Waals surface area contributed by atoms with Crippen LogP contribution in [0, 0.1) is 0 Å². The zero-order valence-corrected chi connectivity index (χ0v) is 27.3. The predicted octanol–water partition coefficient (Wildman–Crippen LogP) is 11.2. The van der Waals surface area contributed by atoms with Crippen molar-refractivity contribution in [1.82, 2.24) is 24.1 Å². The maximum Gasteiger partial charge on any atom is 0.238 e. The van der Waals surface area contributed by atoms with Gasteiger partial charge in [0.25, 0.3) is 0 Å². The number of rotatable bonds is 4. The molecule has 0 fully saturated rings. The van der Waals surface area contributed by atoms with Crippen molar-refractivity contribution in [1.29, 1.82) is 0 Å². The lowest BCUT2D eigenvalue weighted by atomic mass is 10.1. The molecule has 7 aromatic carbocycles. The first-order chi connectivity index (χ1) is 25.3. The summed E-state index contributed by atoms with van der Waals surface area (Å²) in [5.41, 5.74) is 10.6. The van der Waals surface area contributed by atoms with E-state index in [0.717, 1.165) is 50.4 Å². The fourth-order valence-electron chi connectivity index (χ4n) is 7.91. The molecule has 0 N–H and O–H groups in total. The molecule has 51 heavy (non-hydrogen) atoms. The van der Waals surface area contributed by atoms with Gasteiger partial charge < -0.3 is 9.13 Å². The van der Waals surface area contributed by atoms with Gasteiger partial charge >= 0.3 is 0 Å². The first-order valence-electron chi connectivity index (χ1n) is 17.1. The highest BCUT2D eigenvalue weighted by atomic mass is 15.3. The van der Waals surface area contributed by atoms with Crippen LogP contribution in [0.5, 0.6) is 0 Å². The van der Waals surface area contributed by atoms with E-state index in [1.165, 1.54) is 27.1 Å². The van der Waals surface area contributed by atoms with Crippen LogP contribution in [0.1, 0.15) is 0 Å². The summed E-state index contributed by atoms with van der Waals surface area (Å²) in [4.78, 5) is 17.8. The minimum atomic E-state index is 0.567. The monoisotopic (exact) mass is 652 g/mol. The van der Waals surface area contributed by atoms with Crippen molar-refractivity contribution in [2.75, 3.05) is 4.90 Å². The Hall–Kier alpha value is -7.05. The fourth-order valence-corrected chi connectivity index (χ4v) is 7.91. The van der Waals surface area contributed by atoms with E-state index in [1.807, 2.05) is 18.2 Å². The molecule has 1 aliphatic rings. The Morgan fingerprint density at radius 1 is 0.353 bits per heavy atom. The highest BCUT2D eigenvalue weighted by Gasteiger charge is 2.30. The Bertz CT molecular complexity index is 2940. The smallest absolute Gasteiger partial charge is 0.238 e. The molecule has 10 aromatic rings. The van der Waals surface area contributed by atoms with Crippen LogP contribution in [-0.2, 0) is 0 Å². The van der Waals surface area contributed by atoms with Gasteiger partial charge in [0.05, 0.1) is 39.1 Å². The van der Waals surface area contributed by atoms with Gasteiger partial charge in [-0.2, -0.15) is 9.97 Å². The van der Waals surface area contributed by atoms with Crippen LogP contribution in [0.3, 0.4) is 0 Å². The Morgan fingerprint density at radius 2 is 0.863 bits per heavy atom. The van der Waals surface area contributed by atoms with Crippen molar-refractivity contribution < 1.29 is 0 Å². The van der Waals surface area contributed by atoms with E-state index in [0.29, 0.717) is 17.6 Å². The Kier molecular flexibility index (Phi) is 5.86. The molecule has 0 unspecified atom stereocenters. The summed E-state index contributed by atoms with van der Waals surface area (Å²) >= 11 is 0. The van der Waals surface area contributed by atoms with Crippen LogP contribution in [0.4, 0.5) is 17.3 Å². The average molecular weight is 653 g/mol. The van der Waals surface area contributed by atoms with E-state index in [-0.39, 0.29) is 0 Å². The minimum Gasteiger partial charge on any atom is -0.309 e. The molecule has 11 rings (SSSR count). The molecule has 0 saturated heterocycles. The largest absolute Gasteiger partial charge is 0.309 e. The van der Waals surface area contributed by atoms with E-state index in [1.54, 1.807) is 0 Å². The van der Waals surface area contributed by atoms with Crippen molar-refractivity contribution >= 4 is 60.9 Å². The first-order valence-corrected chi connectivity index (χ1v) is 17.1. The number of hydrogen-bond donors (Lipinski definition) is 0. The molecule has 3 aromatic heterocycles. The minimum absolute atomic E-state index is 0.567. The molecule has 238 valence electrons. The standard InChI is InChI=1S/C45H28N6/c1-2-14-29(15-3-1)43-46-44(30-16-12-17-31(28-30)49-36-22-7-4-18-32(36)33-19-5-8-23-37(33)49)48-45(47-43)51-40-26-11-10-25-39(40)50-38-24-9-6-20-34(38)35-21-13-27-41(51)42(35)50/h1-28H. The summed E-state index contributed by atoms with van der Waals surface area (Å²) in [6.45, 7) is 0. The van der Waals surface area contributed by atoms with Crippen molar-refractivity contribution in [2.45, 2.75) is 0 Å². The molecule has 4 heterocycles. The second kappa shape index (κ2) is 10.7. The van der Waals surface area contributed by atoms with E-state index in [2.05, 4.69) is 166 Å². The van der Waals surface area contributed by atoms with E-state index in [9.17, 15) is 0 Å². The number of nitrogens with zero attached hydrogens (tertiary/aromatic N) is 6. The third-order valence-electron chi connectivity index (χ3n) is 10.1. The zero-order chi connectivity index (χ0) is 33.5. The van der Waals surface area contributed by atoms with Crippen LogP contribution < -0.4 is 4.90 Å². The molecule has 0 amide bonds. The molecular formula is C45H28N6. The predicted molar refractivity (Wildman–Crippen MR) is 208 cm³/mol. The molecule has 1 aliphatic heterocycles. The topological polar surface area (TPSA) is 51.8 Å². The van der Waals surface area contributed by atoms with Crippen LogP contribution in [0.25, 0.3) is 77.8 Å². The van der Waals surface area contributed by atoms with E-state index >= 15 is 0 Å². The molecule has 0 saturated carbocycles. The van der Waals surface area contributed by atoms with Gasteiger partial charge in [-0.25, -0.2) is 4.98 Å². The van der Waals surface area contributed by atoms with Gasteiger partial charge in [0.1, 0.15) is 0 Å². The van der Waals surface area contributed by atoms with Crippen molar-refractivity contribution in [2.24, 2.45) is 0 Å². The van der Waals surface area contributed by atoms with Crippen LogP contribution >= 0.6 is 0 Å². The van der Waals surface area contributed by atoms with Crippen LogP contribution in [-0.4, -0.2) is 24.1 Å². The molecular weight excluding hydrogens is 625 g/mol. The summed E-state index contributed by atoms with van der Waals surface area (Å²) in [6, 6.07) is 59.5. The van der Waals surface area contributed by atoms with Gasteiger partial charge in [0, 0.05) is 38.4 Å². The number of aromatic nitrogens is 5. The zero-order valence-electron chi connectivity index (χ0n) is 27.3. The second-order valence-electron chi connectivity index (χ2n) is 12.9. The summed E-state index contributed by atoms with van der Waals surface area (Å²) in [5, 5.41) is 4.86. The van der Waals surface area contributed by atoms with Gasteiger partial charge in [-0.15, -0.1) is 0 Å². The molecule has 0 aliphatic carbocycles. The van der Waals surface area contributed by atoms with Gasteiger partial charge in [0.2, 0.25) is 5.95 Å². The number of benzene rings is 7. The van der Waals surface area contributed by atoms with Gasteiger partial charge in [0.15, 0.2) is 11.6 Å². The third kappa shape index (κ3) is 4.07. The van der Waals surface area contributed by atoms with Gasteiger partial charge in [-0.3, -0.25) is 4.90 Å². The lowest BCUT2D eigenvalue weighted by Gasteiger charge is -2.31. The highest BCUT2D eigenvalue weighted by Crippen LogP contribution is 2.49. The Morgan fingerprint density at radius 3 is 1.59 bits per heavy atom.